The van der Waals surface area contributed by atoms with Crippen molar-refractivity contribution < 1.29 is 32.4 Å². The van der Waals surface area contributed by atoms with Crippen molar-refractivity contribution >= 4 is 17.4 Å². The number of hydrogen-bond acceptors (Lipinski definition) is 6. The van der Waals surface area contributed by atoms with Crippen LogP contribution in [0, 0.1) is 17.0 Å². The fourth-order valence-corrected chi connectivity index (χ4v) is 2.59. The minimum Gasteiger partial charge on any atom is -0.364 e. The quantitative estimate of drug-likeness (QED) is 0.459. The van der Waals surface area contributed by atoms with Crippen LogP contribution in [0.15, 0.2) is 11.2 Å². The molecule has 26 heavy (non-hydrogen) atoms. The van der Waals surface area contributed by atoms with Crippen LogP contribution < -0.4 is 0 Å². The van der Waals surface area contributed by atoms with Gasteiger partial charge < -0.3 is 15.2 Å². The van der Waals surface area contributed by atoms with E-state index in [2.05, 4.69) is 10.2 Å². The number of nitro groups is 1. The number of aromatic nitrogens is 2. The minimum absolute atomic E-state index is 0.0616. The molecule has 2 atom stereocenters. The number of aliphatic hydroxyl groups is 1. The number of nitrogens with zero attached hydrogens (tertiary/aromatic N) is 5. The van der Waals surface area contributed by atoms with Gasteiger partial charge in [-0.3, -0.25) is 4.79 Å². The molecule has 13 heteroatoms. The highest BCUT2D eigenvalue weighted by Crippen LogP contribution is 2.35. The second-order valence-electron chi connectivity index (χ2n) is 5.67. The Labute approximate surface area is 144 Å². The van der Waals surface area contributed by atoms with Crippen LogP contribution in [0.3, 0.4) is 0 Å². The number of amides is 1. The van der Waals surface area contributed by atoms with Crippen LogP contribution in [0.2, 0.25) is 0 Å². The molecule has 0 fully saturated rings. The number of carbonyl (C=O) groups is 1. The lowest BCUT2D eigenvalue weighted by atomic mass is 10.1. The van der Waals surface area contributed by atoms with Gasteiger partial charge in [0.05, 0.1) is 16.9 Å². The predicted molar refractivity (Wildman–Crippen MR) is 78.8 cm³/mol. The largest absolute Gasteiger partial charge is 0.390 e. The van der Waals surface area contributed by atoms with E-state index in [1.165, 1.54) is 13.8 Å². The van der Waals surface area contributed by atoms with Crippen LogP contribution in [-0.2, 0) is 4.79 Å². The summed E-state index contributed by atoms with van der Waals surface area (Å²) in [6, 6.07) is -0.290. The number of halogens is 4. The Balaban J connectivity index is 2.44. The molecule has 1 amide bonds. The first kappa shape index (κ1) is 19.8. The molecule has 0 saturated carbocycles. The average Bonchev–Trinajstić information content (AvgIpc) is 3.10. The van der Waals surface area contributed by atoms with Crippen molar-refractivity contribution in [3.63, 3.8) is 0 Å². The monoisotopic (exact) mass is 381 g/mol. The molecule has 9 nitrogen and oxygen atoms in total. The summed E-state index contributed by atoms with van der Waals surface area (Å²) in [7, 11) is 0. The maximum atomic E-state index is 13.3. The molecule has 1 aliphatic heterocycles. The van der Waals surface area contributed by atoms with Gasteiger partial charge in [-0.1, -0.05) is 6.92 Å². The summed E-state index contributed by atoms with van der Waals surface area (Å²) in [4.78, 5) is 22.6. The SMILES string of the molecule is CC[C@@H](C(=O)N1N=C(C(F)F)C[C@]1(O)C(F)F)n1nc([N+](=O)[O-])cc1C. The van der Waals surface area contributed by atoms with Gasteiger partial charge in [0.2, 0.25) is 5.72 Å². The molecule has 1 aromatic heterocycles. The number of rotatable bonds is 6. The Bertz CT molecular complexity index is 753. The smallest absolute Gasteiger partial charge is 0.364 e. The van der Waals surface area contributed by atoms with E-state index < -0.39 is 53.4 Å². The van der Waals surface area contributed by atoms with E-state index in [0.29, 0.717) is 0 Å². The first-order valence-corrected chi connectivity index (χ1v) is 7.43. The standard InChI is InChI=1S/C13H15F4N5O4/c1-3-8(20-6(2)4-9(19-20)22(25)26)11(23)21-13(24,12(16)17)5-7(18-21)10(14)15/h4,8,10,12,24H,3,5H2,1-2H3/t8-,13-/m0/s1. The summed E-state index contributed by atoms with van der Waals surface area (Å²) in [5.74, 6) is -1.80. The lowest BCUT2D eigenvalue weighted by Gasteiger charge is -2.31. The molecule has 0 saturated heterocycles. The van der Waals surface area contributed by atoms with Gasteiger partial charge in [-0.05, 0) is 18.3 Å². The van der Waals surface area contributed by atoms with E-state index in [0.717, 1.165) is 10.7 Å². The van der Waals surface area contributed by atoms with Crippen molar-refractivity contribution in [1.29, 1.82) is 0 Å². The lowest BCUT2D eigenvalue weighted by Crippen LogP contribution is -2.53. The van der Waals surface area contributed by atoms with Crippen LogP contribution in [0.5, 0.6) is 0 Å². The minimum atomic E-state index is -3.56. The first-order chi connectivity index (χ1) is 12.0. The molecule has 1 N–H and O–H groups in total. The second-order valence-corrected chi connectivity index (χ2v) is 5.67. The number of aryl methyl sites for hydroxylation is 1. The average molecular weight is 381 g/mol. The number of alkyl halides is 4. The van der Waals surface area contributed by atoms with E-state index in [-0.39, 0.29) is 17.1 Å². The fourth-order valence-electron chi connectivity index (χ4n) is 2.59. The van der Waals surface area contributed by atoms with Gasteiger partial charge in [0.25, 0.3) is 18.8 Å². The molecule has 0 spiro atoms. The Morgan fingerprint density at radius 1 is 1.46 bits per heavy atom. The zero-order valence-electron chi connectivity index (χ0n) is 13.6. The highest BCUT2D eigenvalue weighted by atomic mass is 19.3. The number of carbonyl (C=O) groups excluding carboxylic acids is 1. The number of hydrogen-bond donors (Lipinski definition) is 1. The van der Waals surface area contributed by atoms with Crippen LogP contribution in [0.25, 0.3) is 0 Å². The summed E-state index contributed by atoms with van der Waals surface area (Å²) in [5, 5.41) is 27.6. The van der Waals surface area contributed by atoms with Gasteiger partial charge in [0, 0.05) is 6.42 Å². The van der Waals surface area contributed by atoms with Crippen LogP contribution in [0.4, 0.5) is 23.4 Å². The summed E-state index contributed by atoms with van der Waals surface area (Å²) in [6.07, 6.45) is -8.06. The fraction of sp³-hybridized carbons (Fsp3) is 0.615. The van der Waals surface area contributed by atoms with Crippen molar-refractivity contribution in [3.05, 3.63) is 21.9 Å². The molecule has 0 aromatic carbocycles. The Kier molecular flexibility index (Phi) is 5.30. The molecular formula is C13H15F4N5O4. The highest BCUT2D eigenvalue weighted by Gasteiger charge is 2.54. The van der Waals surface area contributed by atoms with Crippen LogP contribution in [0.1, 0.15) is 31.5 Å². The molecule has 1 aromatic rings. The van der Waals surface area contributed by atoms with E-state index in [4.69, 9.17) is 0 Å². The van der Waals surface area contributed by atoms with Gasteiger partial charge in [-0.25, -0.2) is 17.6 Å². The predicted octanol–water partition coefficient (Wildman–Crippen LogP) is 1.86. The third-order valence-electron chi connectivity index (χ3n) is 3.91. The van der Waals surface area contributed by atoms with Crippen molar-refractivity contribution in [2.75, 3.05) is 0 Å². The zero-order chi connectivity index (χ0) is 19.8. The zero-order valence-corrected chi connectivity index (χ0v) is 13.6. The van der Waals surface area contributed by atoms with Gasteiger partial charge in [-0.15, -0.1) is 0 Å². The van der Waals surface area contributed by atoms with E-state index in [1.54, 1.807) is 0 Å². The summed E-state index contributed by atoms with van der Waals surface area (Å²) in [5.41, 5.74) is -4.10. The summed E-state index contributed by atoms with van der Waals surface area (Å²) >= 11 is 0. The van der Waals surface area contributed by atoms with Crippen LogP contribution >= 0.6 is 0 Å². The van der Waals surface area contributed by atoms with Crippen molar-refractivity contribution in [2.45, 2.75) is 51.3 Å². The topological polar surface area (TPSA) is 114 Å². The van der Waals surface area contributed by atoms with E-state index in [1.807, 2.05) is 0 Å². The molecule has 144 valence electrons. The number of hydrazone groups is 1. The summed E-state index contributed by atoms with van der Waals surface area (Å²) in [6.45, 7) is 2.86. The third-order valence-corrected chi connectivity index (χ3v) is 3.91. The second kappa shape index (κ2) is 6.97. The maximum Gasteiger partial charge on any atom is 0.390 e. The molecular weight excluding hydrogens is 366 g/mol. The molecule has 0 radical (unpaired) electrons. The highest BCUT2D eigenvalue weighted by molar-refractivity contribution is 5.93. The Hall–Kier alpha value is -2.57. The lowest BCUT2D eigenvalue weighted by molar-refractivity contribution is -0.389. The van der Waals surface area contributed by atoms with Gasteiger partial charge in [-0.2, -0.15) is 14.8 Å². The molecule has 0 unspecified atom stereocenters. The van der Waals surface area contributed by atoms with Gasteiger partial charge >= 0.3 is 5.82 Å². The molecule has 1 aliphatic rings. The van der Waals surface area contributed by atoms with Crippen molar-refractivity contribution in [3.8, 4) is 0 Å². The van der Waals surface area contributed by atoms with E-state index in [9.17, 15) is 37.6 Å². The molecule has 2 rings (SSSR count). The normalized spacial score (nSPS) is 21.4. The molecule has 2 heterocycles. The van der Waals surface area contributed by atoms with Crippen molar-refractivity contribution in [2.24, 2.45) is 5.10 Å². The van der Waals surface area contributed by atoms with Gasteiger partial charge in [0.1, 0.15) is 5.71 Å². The van der Waals surface area contributed by atoms with E-state index >= 15 is 0 Å². The Morgan fingerprint density at radius 3 is 2.50 bits per heavy atom. The Morgan fingerprint density at radius 2 is 2.08 bits per heavy atom. The van der Waals surface area contributed by atoms with Gasteiger partial charge in [0.15, 0.2) is 6.04 Å². The van der Waals surface area contributed by atoms with Crippen molar-refractivity contribution in [1.82, 2.24) is 14.8 Å². The molecule has 0 bridgehead atoms. The third kappa shape index (κ3) is 3.25. The first-order valence-electron chi connectivity index (χ1n) is 7.43. The summed E-state index contributed by atoms with van der Waals surface area (Å²) < 4.78 is 53.1. The maximum absolute atomic E-state index is 13.3. The van der Waals surface area contributed by atoms with Crippen LogP contribution in [-0.4, -0.2) is 55.0 Å². The molecule has 0 aliphatic carbocycles.